The van der Waals surface area contributed by atoms with Crippen molar-refractivity contribution in [2.75, 3.05) is 13.2 Å². The lowest BCUT2D eigenvalue weighted by Crippen LogP contribution is -2.41. The third kappa shape index (κ3) is 4.34. The molecule has 0 fully saturated rings. The Morgan fingerprint density at radius 3 is 2.42 bits per heavy atom. The minimum atomic E-state index is -0.973. The SMILES string of the molecule is Cc1c(C)c2c(c(C)c1O)CC[C@](C)(COCCC[Si](C)(C)C)O2. The lowest BCUT2D eigenvalue weighted by molar-refractivity contribution is -0.0281. The molecule has 0 saturated heterocycles. The summed E-state index contributed by atoms with van der Waals surface area (Å²) in [5.74, 6) is 1.38. The summed E-state index contributed by atoms with van der Waals surface area (Å²) in [6.45, 7) is 16.8. The zero-order valence-corrected chi connectivity index (χ0v) is 17.5. The molecule has 1 atom stereocenters. The Hall–Kier alpha value is -1.00. The minimum absolute atomic E-state index is 0.271. The molecule has 0 amide bonds. The molecule has 0 radical (unpaired) electrons. The van der Waals surface area contributed by atoms with Crippen molar-refractivity contribution < 1.29 is 14.6 Å². The molecule has 2 rings (SSSR count). The third-order valence-electron chi connectivity index (χ3n) is 5.22. The third-order valence-corrected chi connectivity index (χ3v) is 7.07. The maximum atomic E-state index is 10.3. The summed E-state index contributed by atoms with van der Waals surface area (Å²) in [4.78, 5) is 0. The monoisotopic (exact) mass is 350 g/mol. The Kier molecular flexibility index (Phi) is 5.70. The fraction of sp³-hybridized carbons (Fsp3) is 0.700. The van der Waals surface area contributed by atoms with Crippen molar-refractivity contribution >= 4 is 8.07 Å². The van der Waals surface area contributed by atoms with Crippen LogP contribution in [0.5, 0.6) is 11.5 Å². The van der Waals surface area contributed by atoms with Gasteiger partial charge in [0, 0.05) is 20.2 Å². The van der Waals surface area contributed by atoms with Gasteiger partial charge in [0.1, 0.15) is 17.1 Å². The summed E-state index contributed by atoms with van der Waals surface area (Å²) < 4.78 is 12.3. The Morgan fingerprint density at radius 2 is 1.79 bits per heavy atom. The smallest absolute Gasteiger partial charge is 0.130 e. The standard InChI is InChI=1S/C20H34O3Si/c1-14-15(2)19-17(16(3)18(14)21)9-10-20(4,23-19)13-22-11-8-12-24(5,6)7/h21H,8-13H2,1-7H3/t20-/m1/s1. The van der Waals surface area contributed by atoms with Crippen molar-refractivity contribution in [1.82, 2.24) is 0 Å². The normalized spacial score (nSPS) is 20.6. The summed E-state index contributed by atoms with van der Waals surface area (Å²) in [6.07, 6.45) is 3.01. The first-order valence-corrected chi connectivity index (χ1v) is 12.8. The van der Waals surface area contributed by atoms with Gasteiger partial charge in [0.05, 0.1) is 6.61 Å². The van der Waals surface area contributed by atoms with E-state index in [1.807, 2.05) is 20.8 Å². The summed E-state index contributed by atoms with van der Waals surface area (Å²) in [5.41, 5.74) is 3.83. The van der Waals surface area contributed by atoms with E-state index in [1.165, 1.54) is 6.04 Å². The second kappa shape index (κ2) is 7.09. The molecule has 1 aliphatic rings. The first-order chi connectivity index (χ1) is 11.0. The first-order valence-electron chi connectivity index (χ1n) is 9.12. The average molecular weight is 351 g/mol. The molecule has 24 heavy (non-hydrogen) atoms. The van der Waals surface area contributed by atoms with E-state index in [0.717, 1.165) is 53.9 Å². The van der Waals surface area contributed by atoms with E-state index in [-0.39, 0.29) is 5.60 Å². The van der Waals surface area contributed by atoms with Crippen LogP contribution in [-0.4, -0.2) is 32.0 Å². The lowest BCUT2D eigenvalue weighted by Gasteiger charge is -2.37. The van der Waals surface area contributed by atoms with E-state index in [2.05, 4.69) is 26.6 Å². The molecular formula is C20H34O3Si. The average Bonchev–Trinajstić information content (AvgIpc) is 2.49. The predicted octanol–water partition coefficient (Wildman–Crippen LogP) is 5.15. The van der Waals surface area contributed by atoms with Gasteiger partial charge in [-0.05, 0) is 63.6 Å². The fourth-order valence-electron chi connectivity index (χ4n) is 3.39. The Labute approximate surface area is 148 Å². The van der Waals surface area contributed by atoms with Crippen LogP contribution < -0.4 is 4.74 Å². The molecule has 0 aromatic heterocycles. The highest BCUT2D eigenvalue weighted by Gasteiger charge is 2.34. The maximum Gasteiger partial charge on any atom is 0.130 e. The maximum absolute atomic E-state index is 10.3. The van der Waals surface area contributed by atoms with Gasteiger partial charge in [0.25, 0.3) is 0 Å². The zero-order chi connectivity index (χ0) is 18.1. The van der Waals surface area contributed by atoms with Crippen LogP contribution in [0.1, 0.15) is 42.0 Å². The van der Waals surface area contributed by atoms with Gasteiger partial charge in [-0.2, -0.15) is 0 Å². The van der Waals surface area contributed by atoms with Gasteiger partial charge in [0.2, 0.25) is 0 Å². The molecule has 3 nitrogen and oxygen atoms in total. The molecular weight excluding hydrogens is 316 g/mol. The number of fused-ring (bicyclic) bond motifs is 1. The molecule has 0 unspecified atom stereocenters. The Bertz CT molecular complexity index is 604. The molecule has 4 heteroatoms. The number of hydrogen-bond donors (Lipinski definition) is 1. The molecule has 1 aromatic rings. The van der Waals surface area contributed by atoms with Crippen LogP contribution in [0, 0.1) is 20.8 Å². The second-order valence-corrected chi connectivity index (χ2v) is 14.4. The van der Waals surface area contributed by atoms with Crippen molar-refractivity contribution in [1.29, 1.82) is 0 Å². The van der Waals surface area contributed by atoms with Crippen LogP contribution in [0.25, 0.3) is 0 Å². The van der Waals surface area contributed by atoms with Gasteiger partial charge in [-0.3, -0.25) is 0 Å². The molecule has 0 bridgehead atoms. The van der Waals surface area contributed by atoms with Crippen LogP contribution in [0.2, 0.25) is 25.7 Å². The Morgan fingerprint density at radius 1 is 1.12 bits per heavy atom. The highest BCUT2D eigenvalue weighted by atomic mass is 28.3. The van der Waals surface area contributed by atoms with Gasteiger partial charge in [-0.1, -0.05) is 25.7 Å². The van der Waals surface area contributed by atoms with E-state index < -0.39 is 8.07 Å². The topological polar surface area (TPSA) is 38.7 Å². The number of aromatic hydroxyl groups is 1. The van der Waals surface area contributed by atoms with Crippen LogP contribution in [0.15, 0.2) is 0 Å². The summed E-state index contributed by atoms with van der Waals surface area (Å²) >= 11 is 0. The molecule has 0 aliphatic carbocycles. The molecule has 1 heterocycles. The van der Waals surface area contributed by atoms with Crippen molar-refractivity contribution in [2.24, 2.45) is 0 Å². The largest absolute Gasteiger partial charge is 0.507 e. The van der Waals surface area contributed by atoms with Crippen molar-refractivity contribution in [3.8, 4) is 11.5 Å². The van der Waals surface area contributed by atoms with Gasteiger partial charge < -0.3 is 14.6 Å². The predicted molar refractivity (Wildman–Crippen MR) is 103 cm³/mol. The second-order valence-electron chi connectivity index (χ2n) is 8.80. The molecule has 1 N–H and O–H groups in total. The Balaban J connectivity index is 2.01. The van der Waals surface area contributed by atoms with Crippen LogP contribution in [0.3, 0.4) is 0 Å². The number of hydrogen-bond acceptors (Lipinski definition) is 3. The van der Waals surface area contributed by atoms with E-state index in [0.29, 0.717) is 12.4 Å². The number of phenolic OH excluding ortho intramolecular Hbond substituents is 1. The molecule has 1 aromatic carbocycles. The highest BCUT2D eigenvalue weighted by Crippen LogP contribution is 2.43. The van der Waals surface area contributed by atoms with Gasteiger partial charge >= 0.3 is 0 Å². The van der Waals surface area contributed by atoms with Crippen LogP contribution >= 0.6 is 0 Å². The number of ether oxygens (including phenoxy) is 2. The van der Waals surface area contributed by atoms with Gasteiger partial charge in [0.15, 0.2) is 0 Å². The van der Waals surface area contributed by atoms with Crippen LogP contribution in [0.4, 0.5) is 0 Å². The van der Waals surface area contributed by atoms with E-state index in [9.17, 15) is 5.11 Å². The number of phenols is 1. The summed E-state index contributed by atoms with van der Waals surface area (Å²) in [6, 6.07) is 1.31. The number of benzene rings is 1. The molecule has 1 aliphatic heterocycles. The first kappa shape index (κ1) is 19.3. The zero-order valence-electron chi connectivity index (χ0n) is 16.5. The fourth-order valence-corrected chi connectivity index (χ4v) is 4.59. The lowest BCUT2D eigenvalue weighted by atomic mass is 9.87. The summed E-state index contributed by atoms with van der Waals surface area (Å²) in [7, 11) is -0.973. The van der Waals surface area contributed by atoms with Crippen molar-refractivity contribution in [3.05, 3.63) is 22.3 Å². The van der Waals surface area contributed by atoms with Gasteiger partial charge in [-0.25, -0.2) is 0 Å². The van der Waals surface area contributed by atoms with Crippen molar-refractivity contribution in [2.45, 2.75) is 78.2 Å². The van der Waals surface area contributed by atoms with Crippen LogP contribution in [-0.2, 0) is 11.2 Å². The highest BCUT2D eigenvalue weighted by molar-refractivity contribution is 6.76. The van der Waals surface area contributed by atoms with E-state index >= 15 is 0 Å². The quantitative estimate of drug-likeness (QED) is 0.570. The molecule has 0 saturated carbocycles. The van der Waals surface area contributed by atoms with Gasteiger partial charge in [-0.15, -0.1) is 0 Å². The number of rotatable bonds is 6. The summed E-state index contributed by atoms with van der Waals surface area (Å²) in [5, 5.41) is 10.3. The molecule has 136 valence electrons. The van der Waals surface area contributed by atoms with Crippen molar-refractivity contribution in [3.63, 3.8) is 0 Å². The van der Waals surface area contributed by atoms with E-state index in [1.54, 1.807) is 0 Å². The minimum Gasteiger partial charge on any atom is -0.507 e. The molecule has 0 spiro atoms. The van der Waals surface area contributed by atoms with E-state index in [4.69, 9.17) is 9.47 Å².